The molecule has 3 aromatic carbocycles. The van der Waals surface area contributed by atoms with E-state index in [2.05, 4.69) is 15.6 Å². The lowest BCUT2D eigenvalue weighted by atomic mass is 10.00. The van der Waals surface area contributed by atoms with Crippen LogP contribution in [0.4, 0.5) is 11.4 Å². The molecule has 0 aliphatic carbocycles. The fourth-order valence-electron chi connectivity index (χ4n) is 4.13. The first kappa shape index (κ1) is 30.6. The fraction of sp³-hybridized carbons (Fsp3) is 0.267. The van der Waals surface area contributed by atoms with Gasteiger partial charge in [-0.2, -0.15) is 0 Å². The van der Waals surface area contributed by atoms with E-state index < -0.39 is 28.1 Å². The van der Waals surface area contributed by atoms with Crippen molar-refractivity contribution in [2.24, 2.45) is 10.7 Å². The molecule has 1 unspecified atom stereocenters. The molecule has 0 aromatic heterocycles. The van der Waals surface area contributed by atoms with Gasteiger partial charge in [-0.1, -0.05) is 54.6 Å². The van der Waals surface area contributed by atoms with Gasteiger partial charge in [0, 0.05) is 31.4 Å². The van der Waals surface area contributed by atoms with Gasteiger partial charge in [0.05, 0.1) is 29.8 Å². The molecule has 212 valence electrons. The van der Waals surface area contributed by atoms with E-state index in [1.807, 2.05) is 37.3 Å². The van der Waals surface area contributed by atoms with Crippen molar-refractivity contribution in [1.82, 2.24) is 10.6 Å². The second-order valence-corrected chi connectivity index (χ2v) is 11.1. The Balaban J connectivity index is 1.80. The SMILES string of the molecule is CCN=CC(=CN)CNCC(O)[C@H](Cc1ccccc1)NC(=O)c1cccc(N(c2ccccc2)S(C)(=O)=O)c1. The van der Waals surface area contributed by atoms with Gasteiger partial charge in [0.2, 0.25) is 10.0 Å². The van der Waals surface area contributed by atoms with E-state index in [0.29, 0.717) is 30.9 Å². The maximum absolute atomic E-state index is 13.4. The number of hydrogen-bond acceptors (Lipinski definition) is 7. The van der Waals surface area contributed by atoms with Crippen LogP contribution in [0.2, 0.25) is 0 Å². The van der Waals surface area contributed by atoms with E-state index in [1.165, 1.54) is 16.6 Å². The number of aliphatic hydroxyl groups is 1. The molecular weight excluding hydrogens is 526 g/mol. The van der Waals surface area contributed by atoms with Crippen LogP contribution < -0.4 is 20.7 Å². The fourth-order valence-corrected chi connectivity index (χ4v) is 5.14. The molecule has 2 atom stereocenters. The molecule has 0 heterocycles. The van der Waals surface area contributed by atoms with Gasteiger partial charge in [-0.25, -0.2) is 12.7 Å². The molecule has 3 aromatic rings. The zero-order valence-corrected chi connectivity index (χ0v) is 23.6. The Morgan fingerprint density at radius 2 is 1.68 bits per heavy atom. The summed E-state index contributed by atoms with van der Waals surface area (Å²) in [4.78, 5) is 17.6. The van der Waals surface area contributed by atoms with Crippen molar-refractivity contribution >= 4 is 33.5 Å². The lowest BCUT2D eigenvalue weighted by molar-refractivity contribution is 0.0832. The normalized spacial score (nSPS) is 13.6. The number of aliphatic hydroxyl groups excluding tert-OH is 1. The minimum atomic E-state index is -3.69. The molecule has 9 nitrogen and oxygen atoms in total. The molecule has 0 aliphatic rings. The summed E-state index contributed by atoms with van der Waals surface area (Å²) >= 11 is 0. The van der Waals surface area contributed by atoms with Crippen LogP contribution in [0.3, 0.4) is 0 Å². The molecule has 0 saturated carbocycles. The number of amides is 1. The third-order valence-corrected chi connectivity index (χ3v) is 7.17. The maximum Gasteiger partial charge on any atom is 0.251 e. The number of aliphatic imine (C=N–C) groups is 1. The molecule has 1 amide bonds. The Labute approximate surface area is 236 Å². The minimum absolute atomic E-state index is 0.199. The number of carbonyl (C=O) groups is 1. The van der Waals surface area contributed by atoms with Crippen LogP contribution in [0.15, 0.2) is 102 Å². The molecule has 0 saturated heterocycles. The van der Waals surface area contributed by atoms with Crippen LogP contribution in [0.1, 0.15) is 22.8 Å². The van der Waals surface area contributed by atoms with Crippen LogP contribution >= 0.6 is 0 Å². The molecule has 0 fully saturated rings. The van der Waals surface area contributed by atoms with Crippen LogP contribution in [0.25, 0.3) is 0 Å². The number of sulfonamides is 1. The average molecular weight is 564 g/mol. The Morgan fingerprint density at radius 1 is 1.02 bits per heavy atom. The van der Waals surface area contributed by atoms with Gasteiger partial charge < -0.3 is 21.5 Å². The molecule has 0 aliphatic heterocycles. The highest BCUT2D eigenvalue weighted by Crippen LogP contribution is 2.28. The first-order valence-electron chi connectivity index (χ1n) is 13.0. The predicted molar refractivity (Wildman–Crippen MR) is 161 cm³/mol. The van der Waals surface area contributed by atoms with Crippen molar-refractivity contribution in [3.63, 3.8) is 0 Å². The van der Waals surface area contributed by atoms with Crippen molar-refractivity contribution in [2.45, 2.75) is 25.5 Å². The number of para-hydroxylation sites is 1. The number of nitrogens with one attached hydrogen (secondary N) is 2. The Hall–Kier alpha value is -3.99. The van der Waals surface area contributed by atoms with E-state index in [9.17, 15) is 18.3 Å². The number of nitrogens with zero attached hydrogens (tertiary/aromatic N) is 2. The molecule has 0 bridgehead atoms. The summed E-state index contributed by atoms with van der Waals surface area (Å²) in [6, 6.07) is 24.0. The number of carbonyl (C=O) groups excluding carboxylic acids is 1. The van der Waals surface area contributed by atoms with E-state index in [1.54, 1.807) is 54.7 Å². The highest BCUT2D eigenvalue weighted by atomic mass is 32.2. The van der Waals surface area contributed by atoms with Gasteiger partial charge in [0.1, 0.15) is 0 Å². The van der Waals surface area contributed by atoms with Crippen LogP contribution in [-0.4, -0.2) is 63.7 Å². The van der Waals surface area contributed by atoms with E-state index in [-0.39, 0.29) is 12.1 Å². The molecule has 0 spiro atoms. The highest BCUT2D eigenvalue weighted by Gasteiger charge is 2.24. The van der Waals surface area contributed by atoms with Crippen LogP contribution in [0, 0.1) is 0 Å². The second kappa shape index (κ2) is 15.0. The van der Waals surface area contributed by atoms with E-state index in [0.717, 1.165) is 17.4 Å². The zero-order chi connectivity index (χ0) is 29.0. The van der Waals surface area contributed by atoms with Crippen molar-refractivity contribution in [1.29, 1.82) is 0 Å². The number of rotatable bonds is 14. The molecular formula is C30H37N5O4S. The molecule has 3 rings (SSSR count). The van der Waals surface area contributed by atoms with Crippen LogP contribution in [0.5, 0.6) is 0 Å². The zero-order valence-electron chi connectivity index (χ0n) is 22.8. The molecule has 0 radical (unpaired) electrons. The highest BCUT2D eigenvalue weighted by molar-refractivity contribution is 7.92. The van der Waals surface area contributed by atoms with Gasteiger partial charge >= 0.3 is 0 Å². The molecule has 10 heteroatoms. The summed E-state index contributed by atoms with van der Waals surface area (Å²) in [5.41, 5.74) is 8.46. The minimum Gasteiger partial charge on any atom is -0.404 e. The summed E-state index contributed by atoms with van der Waals surface area (Å²) in [6.45, 7) is 3.17. The van der Waals surface area contributed by atoms with Crippen molar-refractivity contribution < 1.29 is 18.3 Å². The van der Waals surface area contributed by atoms with Gasteiger partial charge in [0.15, 0.2) is 0 Å². The quantitative estimate of drug-likeness (QED) is 0.223. The monoisotopic (exact) mass is 563 g/mol. The topological polar surface area (TPSA) is 137 Å². The summed E-state index contributed by atoms with van der Waals surface area (Å²) in [5, 5.41) is 17.2. The average Bonchev–Trinajstić information content (AvgIpc) is 2.95. The largest absolute Gasteiger partial charge is 0.404 e. The maximum atomic E-state index is 13.4. The van der Waals surface area contributed by atoms with Gasteiger partial charge in [-0.3, -0.25) is 9.79 Å². The third kappa shape index (κ3) is 9.04. The van der Waals surface area contributed by atoms with E-state index in [4.69, 9.17) is 5.73 Å². The first-order chi connectivity index (χ1) is 19.2. The summed E-state index contributed by atoms with van der Waals surface area (Å²) in [5.74, 6) is -0.430. The van der Waals surface area contributed by atoms with E-state index >= 15 is 0 Å². The number of benzene rings is 3. The summed E-state index contributed by atoms with van der Waals surface area (Å²) < 4.78 is 26.5. The van der Waals surface area contributed by atoms with Crippen molar-refractivity contribution in [3.8, 4) is 0 Å². The first-order valence-corrected chi connectivity index (χ1v) is 14.9. The molecule has 5 N–H and O–H groups in total. The number of nitrogens with two attached hydrogens (primary N) is 1. The third-order valence-electron chi connectivity index (χ3n) is 6.08. The standard InChI is InChI=1S/C30H37N5O4S/c1-3-32-20-24(19-31)21-33-22-29(36)28(17-23-11-6-4-7-12-23)34-30(37)25-13-10-16-27(18-25)35(40(2,38)39)26-14-8-5-9-15-26/h4-16,18-20,28-29,33,36H,3,17,21-22,31H2,1-2H3,(H,34,37)/t28-,29?/m0/s1. The second-order valence-electron chi connectivity index (χ2n) is 9.25. The lowest BCUT2D eigenvalue weighted by Crippen LogP contribution is -2.49. The Morgan fingerprint density at radius 3 is 2.30 bits per heavy atom. The number of anilines is 2. The van der Waals surface area contributed by atoms with Gasteiger partial charge in [-0.05, 0) is 61.0 Å². The molecule has 40 heavy (non-hydrogen) atoms. The number of hydrogen-bond donors (Lipinski definition) is 4. The Kier molecular flexibility index (Phi) is 11.4. The van der Waals surface area contributed by atoms with Crippen molar-refractivity contribution in [2.75, 3.05) is 30.2 Å². The lowest BCUT2D eigenvalue weighted by Gasteiger charge is -2.26. The summed E-state index contributed by atoms with van der Waals surface area (Å²) in [7, 11) is -3.69. The van der Waals surface area contributed by atoms with Gasteiger partial charge in [0.25, 0.3) is 5.91 Å². The van der Waals surface area contributed by atoms with Crippen molar-refractivity contribution in [3.05, 3.63) is 108 Å². The smallest absolute Gasteiger partial charge is 0.251 e. The Bertz CT molecular complexity index is 1400. The predicted octanol–water partition coefficient (Wildman–Crippen LogP) is 3.01. The van der Waals surface area contributed by atoms with Gasteiger partial charge in [-0.15, -0.1) is 0 Å². The van der Waals surface area contributed by atoms with Crippen LogP contribution in [-0.2, 0) is 16.4 Å². The summed E-state index contributed by atoms with van der Waals surface area (Å²) in [6.07, 6.45) is 3.73.